The van der Waals surface area contributed by atoms with Crippen molar-refractivity contribution in [2.45, 2.75) is 6.92 Å². The van der Waals surface area contributed by atoms with E-state index in [9.17, 15) is 9.59 Å². The minimum atomic E-state index is -0.428. The second-order valence-electron chi connectivity index (χ2n) is 4.74. The summed E-state index contributed by atoms with van der Waals surface area (Å²) in [6, 6.07) is -0.428. The number of amides is 3. The summed E-state index contributed by atoms with van der Waals surface area (Å²) in [4.78, 5) is 27.0. The number of carbonyl (C=O) groups excluding carboxylic acids is 2. The summed E-state index contributed by atoms with van der Waals surface area (Å²) in [7, 11) is 1.89. The van der Waals surface area contributed by atoms with Crippen LogP contribution in [0.5, 0.6) is 0 Å². The van der Waals surface area contributed by atoms with E-state index in [1.165, 1.54) is 0 Å². The number of piperazine rings is 1. The summed E-state index contributed by atoms with van der Waals surface area (Å²) in [5, 5.41) is 8.13. The second-order valence-corrected chi connectivity index (χ2v) is 4.74. The van der Waals surface area contributed by atoms with Gasteiger partial charge in [-0.1, -0.05) is 0 Å². The van der Waals surface area contributed by atoms with Crippen molar-refractivity contribution in [2.24, 2.45) is 0 Å². The van der Waals surface area contributed by atoms with E-state index >= 15 is 0 Å². The highest BCUT2D eigenvalue weighted by molar-refractivity contribution is 5.95. The van der Waals surface area contributed by atoms with Crippen LogP contribution in [0.15, 0.2) is 0 Å². The minimum absolute atomic E-state index is 0.239. The van der Waals surface area contributed by atoms with Crippen LogP contribution < -0.4 is 16.0 Å². The zero-order valence-electron chi connectivity index (χ0n) is 11.9. The van der Waals surface area contributed by atoms with Crippen LogP contribution in [0.3, 0.4) is 0 Å². The number of carbonyl (C=O) groups is 2. The van der Waals surface area contributed by atoms with Gasteiger partial charge in [0, 0.05) is 45.8 Å². The SMILES string of the molecule is CCNC(=O)NC(=O)CN(C)CCN1CCNCC1. The number of likely N-dealkylation sites (N-methyl/N-ethyl adjacent to an activating group) is 1. The van der Waals surface area contributed by atoms with Gasteiger partial charge in [0.15, 0.2) is 0 Å². The van der Waals surface area contributed by atoms with Crippen molar-refractivity contribution in [1.82, 2.24) is 25.8 Å². The first-order chi connectivity index (χ1) is 9.11. The number of rotatable bonds is 6. The Kier molecular flexibility index (Phi) is 7.39. The summed E-state index contributed by atoms with van der Waals surface area (Å²) in [6.45, 7) is 8.50. The van der Waals surface area contributed by atoms with Crippen LogP contribution in [0.25, 0.3) is 0 Å². The van der Waals surface area contributed by atoms with Crippen LogP contribution in [0, 0.1) is 0 Å². The number of imide groups is 1. The fraction of sp³-hybridized carbons (Fsp3) is 0.833. The minimum Gasteiger partial charge on any atom is -0.338 e. The molecule has 0 aromatic carbocycles. The summed E-state index contributed by atoms with van der Waals surface area (Å²) >= 11 is 0. The summed E-state index contributed by atoms with van der Waals surface area (Å²) < 4.78 is 0. The molecule has 1 saturated heterocycles. The topological polar surface area (TPSA) is 76.7 Å². The Morgan fingerprint density at radius 3 is 2.63 bits per heavy atom. The van der Waals surface area contributed by atoms with Crippen molar-refractivity contribution in [3.05, 3.63) is 0 Å². The van der Waals surface area contributed by atoms with Gasteiger partial charge in [-0.2, -0.15) is 0 Å². The molecule has 19 heavy (non-hydrogen) atoms. The van der Waals surface area contributed by atoms with Crippen LogP contribution in [0.2, 0.25) is 0 Å². The highest BCUT2D eigenvalue weighted by Crippen LogP contribution is 1.93. The van der Waals surface area contributed by atoms with Gasteiger partial charge in [-0.3, -0.25) is 19.9 Å². The Labute approximate surface area is 114 Å². The van der Waals surface area contributed by atoms with E-state index in [1.807, 2.05) is 18.9 Å². The van der Waals surface area contributed by atoms with E-state index in [0.29, 0.717) is 6.54 Å². The average molecular weight is 271 g/mol. The maximum Gasteiger partial charge on any atom is 0.321 e. The van der Waals surface area contributed by atoms with E-state index < -0.39 is 6.03 Å². The predicted molar refractivity (Wildman–Crippen MR) is 74.0 cm³/mol. The van der Waals surface area contributed by atoms with E-state index in [-0.39, 0.29) is 12.5 Å². The number of nitrogens with zero attached hydrogens (tertiary/aromatic N) is 2. The molecule has 110 valence electrons. The lowest BCUT2D eigenvalue weighted by Gasteiger charge is -2.28. The van der Waals surface area contributed by atoms with Crippen LogP contribution >= 0.6 is 0 Å². The molecule has 0 unspecified atom stereocenters. The molecule has 0 saturated carbocycles. The number of hydrogen-bond donors (Lipinski definition) is 3. The molecule has 3 N–H and O–H groups in total. The van der Waals surface area contributed by atoms with Gasteiger partial charge in [0.05, 0.1) is 6.54 Å². The van der Waals surface area contributed by atoms with Gasteiger partial charge in [-0.15, -0.1) is 0 Å². The van der Waals surface area contributed by atoms with Gasteiger partial charge < -0.3 is 10.6 Å². The van der Waals surface area contributed by atoms with Crippen LogP contribution in [-0.4, -0.2) is 81.1 Å². The van der Waals surface area contributed by atoms with Crippen LogP contribution in [0.4, 0.5) is 4.79 Å². The molecule has 1 aliphatic rings. The van der Waals surface area contributed by atoms with Crippen molar-refractivity contribution in [3.63, 3.8) is 0 Å². The van der Waals surface area contributed by atoms with E-state index in [1.54, 1.807) is 0 Å². The highest BCUT2D eigenvalue weighted by atomic mass is 16.2. The van der Waals surface area contributed by atoms with Crippen molar-refractivity contribution in [3.8, 4) is 0 Å². The molecule has 0 radical (unpaired) electrons. The molecule has 1 aliphatic heterocycles. The Bertz CT molecular complexity index is 292. The van der Waals surface area contributed by atoms with Crippen LogP contribution in [-0.2, 0) is 4.79 Å². The predicted octanol–water partition coefficient (Wildman–Crippen LogP) is -1.33. The van der Waals surface area contributed by atoms with Crippen molar-refractivity contribution >= 4 is 11.9 Å². The standard InChI is InChI=1S/C12H25N5O2/c1-3-14-12(19)15-11(18)10-16(2)8-9-17-6-4-13-5-7-17/h13H,3-10H2,1-2H3,(H2,14,15,18,19). The monoisotopic (exact) mass is 271 g/mol. The molecule has 7 heteroatoms. The fourth-order valence-electron chi connectivity index (χ4n) is 1.94. The smallest absolute Gasteiger partial charge is 0.321 e. The number of hydrogen-bond acceptors (Lipinski definition) is 5. The number of nitrogens with one attached hydrogen (secondary N) is 3. The third-order valence-corrected chi connectivity index (χ3v) is 3.01. The van der Waals surface area contributed by atoms with E-state index in [4.69, 9.17) is 0 Å². The first kappa shape index (κ1) is 15.9. The third kappa shape index (κ3) is 7.09. The van der Waals surface area contributed by atoms with E-state index in [2.05, 4.69) is 20.9 Å². The van der Waals surface area contributed by atoms with Gasteiger partial charge in [-0.25, -0.2) is 4.79 Å². The van der Waals surface area contributed by atoms with E-state index in [0.717, 1.165) is 39.3 Å². The Hall–Kier alpha value is -1.18. The lowest BCUT2D eigenvalue weighted by atomic mass is 10.3. The van der Waals surface area contributed by atoms with Gasteiger partial charge in [0.2, 0.25) is 5.91 Å². The second kappa shape index (κ2) is 8.84. The van der Waals surface area contributed by atoms with Crippen molar-refractivity contribution < 1.29 is 9.59 Å². The summed E-state index contributed by atoms with van der Waals surface area (Å²) in [6.07, 6.45) is 0. The maximum atomic E-state index is 11.6. The summed E-state index contributed by atoms with van der Waals surface area (Å²) in [5.74, 6) is -0.270. The van der Waals surface area contributed by atoms with Gasteiger partial charge in [-0.05, 0) is 14.0 Å². The normalized spacial score (nSPS) is 16.4. The van der Waals surface area contributed by atoms with Crippen molar-refractivity contribution in [1.29, 1.82) is 0 Å². The Morgan fingerprint density at radius 1 is 1.32 bits per heavy atom. The summed E-state index contributed by atoms with van der Waals surface area (Å²) in [5.41, 5.74) is 0. The van der Waals surface area contributed by atoms with Crippen molar-refractivity contribution in [2.75, 3.05) is 59.4 Å². The Morgan fingerprint density at radius 2 is 2.00 bits per heavy atom. The molecular formula is C12H25N5O2. The molecule has 0 atom stereocenters. The maximum absolute atomic E-state index is 11.6. The molecule has 0 spiro atoms. The lowest BCUT2D eigenvalue weighted by molar-refractivity contribution is -0.120. The third-order valence-electron chi connectivity index (χ3n) is 3.01. The molecule has 1 heterocycles. The first-order valence-electron chi connectivity index (χ1n) is 6.81. The zero-order valence-corrected chi connectivity index (χ0v) is 11.9. The fourth-order valence-corrected chi connectivity index (χ4v) is 1.94. The molecule has 0 bridgehead atoms. The quantitative estimate of drug-likeness (QED) is 0.558. The molecule has 1 rings (SSSR count). The first-order valence-corrected chi connectivity index (χ1v) is 6.81. The molecule has 1 fully saturated rings. The average Bonchev–Trinajstić information content (AvgIpc) is 2.37. The highest BCUT2D eigenvalue weighted by Gasteiger charge is 2.12. The van der Waals surface area contributed by atoms with Gasteiger partial charge in [0.25, 0.3) is 0 Å². The Balaban J connectivity index is 2.13. The molecule has 0 aliphatic carbocycles. The van der Waals surface area contributed by atoms with Crippen LogP contribution in [0.1, 0.15) is 6.92 Å². The molecule has 0 aromatic rings. The van der Waals surface area contributed by atoms with Gasteiger partial charge in [0.1, 0.15) is 0 Å². The zero-order chi connectivity index (χ0) is 14.1. The number of urea groups is 1. The molecule has 0 aromatic heterocycles. The largest absolute Gasteiger partial charge is 0.338 e. The molecular weight excluding hydrogens is 246 g/mol. The lowest BCUT2D eigenvalue weighted by Crippen LogP contribution is -2.47. The molecule has 7 nitrogen and oxygen atoms in total. The van der Waals surface area contributed by atoms with Gasteiger partial charge >= 0.3 is 6.03 Å². The molecule has 3 amide bonds.